The van der Waals surface area contributed by atoms with Gasteiger partial charge in [0.05, 0.1) is 0 Å². The molecule has 0 atom stereocenters. The zero-order chi connectivity index (χ0) is 20.7. The van der Waals surface area contributed by atoms with Crippen LogP contribution in [0.15, 0.2) is 91.0 Å². The number of rotatable bonds is 5. The average molecular weight is 526 g/mol. The summed E-state index contributed by atoms with van der Waals surface area (Å²) in [4.78, 5) is 0. The van der Waals surface area contributed by atoms with E-state index in [1.54, 1.807) is 10.4 Å². The molecule has 0 fully saturated rings. The van der Waals surface area contributed by atoms with Crippen molar-refractivity contribution in [2.75, 3.05) is 0 Å². The number of benzene rings is 3. The van der Waals surface area contributed by atoms with E-state index in [1.165, 1.54) is 37.9 Å². The predicted octanol–water partition coefficient (Wildman–Crippen LogP) is 6.55. The summed E-state index contributed by atoms with van der Waals surface area (Å²) in [6, 6.07) is 34.2. The smallest absolute Gasteiger partial charge is 0.358 e. The first-order valence-electron chi connectivity index (χ1n) is 11.1. The summed E-state index contributed by atoms with van der Waals surface area (Å²) < 4.78 is 0. The van der Waals surface area contributed by atoms with Crippen LogP contribution in [0.4, 0.5) is 0 Å². The maximum absolute atomic E-state index is 2.59. The molecule has 0 aliphatic heterocycles. The van der Waals surface area contributed by atoms with Crippen LogP contribution in [0.2, 0.25) is 6.55 Å². The molecule has 5 aromatic rings. The normalized spacial score (nSPS) is 11.0. The first-order chi connectivity index (χ1) is 14.7. The number of hydrogen-bond donors (Lipinski definition) is 0. The van der Waals surface area contributed by atoms with Gasteiger partial charge in [0.25, 0.3) is 0 Å². The number of hydrogen-bond acceptors (Lipinski definition) is 0. The Bertz CT molecular complexity index is 1240. The topological polar surface area (TPSA) is 0 Å². The Labute approximate surface area is 220 Å². The maximum Gasteiger partial charge on any atom is 4.00 e. The van der Waals surface area contributed by atoms with Gasteiger partial charge in [0.2, 0.25) is 0 Å². The van der Waals surface area contributed by atoms with Crippen LogP contribution < -0.4 is 15.6 Å². The minimum Gasteiger partial charge on any atom is -0.358 e. The summed E-state index contributed by atoms with van der Waals surface area (Å²) in [5, 5.41) is 10.4. The molecular weight excluding hydrogens is 492 g/mol. The fraction of sp³-hybridized carbons (Fsp3) is 0.161. The molecule has 5 aromatic carbocycles. The first kappa shape index (κ1) is 27.2. The van der Waals surface area contributed by atoms with Crippen molar-refractivity contribution >= 4 is 45.2 Å². The molecule has 5 rings (SSSR count). The zero-order valence-corrected chi connectivity index (χ0v) is 24.0. The van der Waals surface area contributed by atoms with E-state index in [0.717, 1.165) is 12.8 Å². The van der Waals surface area contributed by atoms with Crippen LogP contribution in [0.5, 0.6) is 0 Å². The van der Waals surface area contributed by atoms with Crippen molar-refractivity contribution in [2.45, 2.75) is 33.2 Å². The summed E-state index contributed by atoms with van der Waals surface area (Å²) >= 11 is 0. The van der Waals surface area contributed by atoms with Crippen LogP contribution in [0.25, 0.3) is 21.5 Å². The number of fused-ring (bicyclic) bond motifs is 2. The second kappa shape index (κ2) is 10.9. The Morgan fingerprint density at radius 2 is 1.00 bits per heavy atom. The Hall–Kier alpha value is -2.02. The third kappa shape index (κ3) is 4.29. The van der Waals surface area contributed by atoms with Crippen molar-refractivity contribution in [2.24, 2.45) is 0 Å². The van der Waals surface area contributed by atoms with Gasteiger partial charge in [-0.3, -0.25) is 0 Å². The largest absolute Gasteiger partial charge is 4.00 e. The summed E-state index contributed by atoms with van der Waals surface area (Å²) in [6.07, 6.45) is 2.14. The summed E-state index contributed by atoms with van der Waals surface area (Å²) in [5.41, 5.74) is 3.03. The monoisotopic (exact) mass is 524 g/mol. The fourth-order valence-electron chi connectivity index (χ4n) is 5.49. The molecule has 166 valence electrons. The van der Waals surface area contributed by atoms with Gasteiger partial charge in [0, 0.05) is 8.07 Å². The average Bonchev–Trinajstić information content (AvgIpc) is 3.38. The van der Waals surface area contributed by atoms with Crippen LogP contribution in [0, 0.1) is 14.9 Å². The van der Waals surface area contributed by atoms with Crippen molar-refractivity contribution in [3.8, 4) is 0 Å². The Morgan fingerprint density at radius 1 is 0.606 bits per heavy atom. The molecule has 0 spiro atoms. The third-order valence-electron chi connectivity index (χ3n) is 6.87. The molecule has 33 heavy (non-hydrogen) atoms. The van der Waals surface area contributed by atoms with Gasteiger partial charge in [0.15, 0.2) is 0 Å². The Balaban J connectivity index is 0.00000128. The molecule has 0 unspecified atom stereocenters. The molecule has 2 heteroatoms. The van der Waals surface area contributed by atoms with Gasteiger partial charge in [0.1, 0.15) is 0 Å². The van der Waals surface area contributed by atoms with E-state index in [0.29, 0.717) is 0 Å². The van der Waals surface area contributed by atoms with Crippen molar-refractivity contribution in [3.63, 3.8) is 0 Å². The zero-order valence-electron chi connectivity index (χ0n) is 20.6. The maximum atomic E-state index is 2.59. The van der Waals surface area contributed by atoms with Crippen molar-refractivity contribution < 1.29 is 26.2 Å². The molecule has 0 aromatic heterocycles. The molecule has 0 amide bonds. The van der Waals surface area contributed by atoms with E-state index < -0.39 is 8.07 Å². The van der Waals surface area contributed by atoms with Gasteiger partial charge in [-0.2, -0.15) is 10.4 Å². The van der Waals surface area contributed by atoms with E-state index in [2.05, 4.69) is 111 Å². The van der Waals surface area contributed by atoms with Crippen molar-refractivity contribution in [1.82, 2.24) is 0 Å². The third-order valence-corrected chi connectivity index (χ3v) is 11.5. The van der Waals surface area contributed by atoms with Crippen LogP contribution in [0.3, 0.4) is 0 Å². The molecule has 0 N–H and O–H groups in total. The Kier molecular flexibility index (Phi) is 9.02. The summed E-state index contributed by atoms with van der Waals surface area (Å²) in [5.74, 6) is 0. The number of aryl methyl sites for hydroxylation is 2. The molecule has 0 radical (unpaired) electrons. The molecule has 0 saturated heterocycles. The van der Waals surface area contributed by atoms with Crippen LogP contribution in [-0.2, 0) is 39.0 Å². The first-order valence-corrected chi connectivity index (χ1v) is 13.6. The van der Waals surface area contributed by atoms with E-state index in [-0.39, 0.29) is 41.1 Å². The second-order valence-corrected chi connectivity index (χ2v) is 12.3. The SMILES string of the molecule is CCc1[cH-]c2ccccc2c1[Si](C)(c1ccccc1)c1c(CC)[cH-]c2ccccc12.[CH3-].[CH3-].[Zr+4]. The van der Waals surface area contributed by atoms with Gasteiger partial charge in [-0.1, -0.05) is 68.0 Å². The fourth-order valence-corrected chi connectivity index (χ4v) is 10.5. The molecule has 0 bridgehead atoms. The molecule has 0 nitrogen and oxygen atoms in total. The Morgan fingerprint density at radius 3 is 1.42 bits per heavy atom. The van der Waals surface area contributed by atoms with E-state index in [9.17, 15) is 0 Å². The predicted molar refractivity (Wildman–Crippen MR) is 148 cm³/mol. The van der Waals surface area contributed by atoms with Crippen molar-refractivity contribution in [3.05, 3.63) is 117 Å². The van der Waals surface area contributed by atoms with E-state index >= 15 is 0 Å². The minimum atomic E-state index is -2.23. The quantitative estimate of drug-likeness (QED) is 0.180. The molecule has 0 saturated carbocycles. The molecule has 0 aliphatic rings. The van der Waals surface area contributed by atoms with Crippen LogP contribution in [-0.4, -0.2) is 8.07 Å². The van der Waals surface area contributed by atoms with Gasteiger partial charge in [-0.25, -0.2) is 0 Å². The summed E-state index contributed by atoms with van der Waals surface area (Å²) in [6.45, 7) is 7.20. The minimum absolute atomic E-state index is 0. The standard InChI is InChI=1S/C29H28Si.2CH3.Zr/c1-4-21-19-23-13-9-11-17-26(23)28(21)30(3,25-15-7-6-8-16-25)29-22(5-2)20-24-14-10-12-18-27(24)29;;;/h6-20H,4-5H2,1-3H3;2*1H3;/q-2;2*-1;+4. The second-order valence-electron chi connectivity index (χ2n) is 8.46. The van der Waals surface area contributed by atoms with E-state index in [4.69, 9.17) is 0 Å². The molecule has 0 heterocycles. The molecule has 0 aliphatic carbocycles. The van der Waals surface area contributed by atoms with Gasteiger partial charge in [-0.15, -0.1) is 81.2 Å². The van der Waals surface area contributed by atoms with Crippen molar-refractivity contribution in [1.29, 1.82) is 0 Å². The van der Waals surface area contributed by atoms with Crippen LogP contribution >= 0.6 is 0 Å². The van der Waals surface area contributed by atoms with Gasteiger partial charge in [-0.05, 0) is 12.8 Å². The molecular formula is C31H34SiZr. The van der Waals surface area contributed by atoms with Gasteiger partial charge < -0.3 is 14.9 Å². The van der Waals surface area contributed by atoms with Gasteiger partial charge >= 0.3 is 26.2 Å². The summed E-state index contributed by atoms with van der Waals surface area (Å²) in [7, 11) is -2.23. The van der Waals surface area contributed by atoms with E-state index in [1.807, 2.05) is 0 Å². The van der Waals surface area contributed by atoms with Crippen LogP contribution in [0.1, 0.15) is 25.0 Å².